The monoisotopic (exact) mass is 303 g/mol. The van der Waals surface area contributed by atoms with Crippen LogP contribution in [0.3, 0.4) is 0 Å². The maximum absolute atomic E-state index is 12.2. The highest BCUT2D eigenvalue weighted by Gasteiger charge is 2.14. The van der Waals surface area contributed by atoms with Crippen LogP contribution in [0.5, 0.6) is 0 Å². The zero-order chi connectivity index (χ0) is 15.2. The Balaban J connectivity index is 2.04. The SMILES string of the molecule is Cc1ccc(C(=O)NC(CO)Cc2ccccc2)cc1Cl. The molecule has 0 spiro atoms. The molecule has 0 aliphatic heterocycles. The highest BCUT2D eigenvalue weighted by Crippen LogP contribution is 2.16. The van der Waals surface area contributed by atoms with E-state index in [1.807, 2.05) is 43.3 Å². The summed E-state index contributed by atoms with van der Waals surface area (Å²) in [6, 6.07) is 14.6. The van der Waals surface area contributed by atoms with Gasteiger partial charge in [0.15, 0.2) is 0 Å². The molecule has 2 N–H and O–H groups in total. The van der Waals surface area contributed by atoms with Crippen LogP contribution >= 0.6 is 11.6 Å². The lowest BCUT2D eigenvalue weighted by atomic mass is 10.1. The molecular formula is C17H18ClNO2. The van der Waals surface area contributed by atoms with Crippen LogP contribution in [0.25, 0.3) is 0 Å². The molecule has 0 saturated heterocycles. The van der Waals surface area contributed by atoms with Crippen LogP contribution in [0.1, 0.15) is 21.5 Å². The van der Waals surface area contributed by atoms with Crippen molar-refractivity contribution in [2.24, 2.45) is 0 Å². The first-order valence-corrected chi connectivity index (χ1v) is 7.19. The van der Waals surface area contributed by atoms with Crippen LogP contribution in [0.2, 0.25) is 5.02 Å². The molecule has 21 heavy (non-hydrogen) atoms. The van der Waals surface area contributed by atoms with E-state index in [4.69, 9.17) is 11.6 Å². The van der Waals surface area contributed by atoms with Crippen molar-refractivity contribution in [2.45, 2.75) is 19.4 Å². The number of rotatable bonds is 5. The topological polar surface area (TPSA) is 49.3 Å². The molecule has 110 valence electrons. The first kappa shape index (κ1) is 15.5. The molecule has 0 heterocycles. The summed E-state index contributed by atoms with van der Waals surface area (Å²) in [6.07, 6.45) is 0.586. The summed E-state index contributed by atoms with van der Waals surface area (Å²) in [4.78, 5) is 12.2. The lowest BCUT2D eigenvalue weighted by Gasteiger charge is -2.16. The summed E-state index contributed by atoms with van der Waals surface area (Å²) in [7, 11) is 0. The molecule has 2 rings (SSSR count). The molecule has 0 fully saturated rings. The Hall–Kier alpha value is -1.84. The van der Waals surface area contributed by atoms with Crippen molar-refractivity contribution in [3.05, 3.63) is 70.2 Å². The minimum Gasteiger partial charge on any atom is -0.394 e. The fourth-order valence-electron chi connectivity index (χ4n) is 2.06. The average Bonchev–Trinajstić information content (AvgIpc) is 2.50. The molecule has 4 heteroatoms. The van der Waals surface area contributed by atoms with Gasteiger partial charge in [0.1, 0.15) is 0 Å². The van der Waals surface area contributed by atoms with Crippen molar-refractivity contribution < 1.29 is 9.90 Å². The van der Waals surface area contributed by atoms with Gasteiger partial charge in [0.05, 0.1) is 12.6 Å². The van der Waals surface area contributed by atoms with E-state index in [9.17, 15) is 9.90 Å². The van der Waals surface area contributed by atoms with Crippen LogP contribution < -0.4 is 5.32 Å². The number of carbonyl (C=O) groups excluding carboxylic acids is 1. The fraction of sp³-hybridized carbons (Fsp3) is 0.235. The molecule has 2 aromatic carbocycles. The zero-order valence-corrected chi connectivity index (χ0v) is 12.6. The number of benzene rings is 2. The first-order valence-electron chi connectivity index (χ1n) is 6.82. The summed E-state index contributed by atoms with van der Waals surface area (Å²) < 4.78 is 0. The predicted molar refractivity (Wildman–Crippen MR) is 84.7 cm³/mol. The molecule has 1 amide bonds. The van der Waals surface area contributed by atoms with E-state index in [1.165, 1.54) is 0 Å². The van der Waals surface area contributed by atoms with Gasteiger partial charge >= 0.3 is 0 Å². The van der Waals surface area contributed by atoms with Crippen LogP contribution in [0, 0.1) is 6.92 Å². The predicted octanol–water partition coefficient (Wildman–Crippen LogP) is 2.98. The van der Waals surface area contributed by atoms with E-state index in [0.29, 0.717) is 17.0 Å². The van der Waals surface area contributed by atoms with Gasteiger partial charge in [-0.05, 0) is 36.6 Å². The molecule has 2 aromatic rings. The van der Waals surface area contributed by atoms with Crippen molar-refractivity contribution in [2.75, 3.05) is 6.61 Å². The van der Waals surface area contributed by atoms with Crippen LogP contribution in [-0.4, -0.2) is 23.7 Å². The summed E-state index contributed by atoms with van der Waals surface area (Å²) in [6.45, 7) is 1.77. The second-order valence-corrected chi connectivity index (χ2v) is 5.41. The van der Waals surface area contributed by atoms with Gasteiger partial charge in [0, 0.05) is 10.6 Å². The maximum atomic E-state index is 12.2. The number of aliphatic hydroxyl groups is 1. The van der Waals surface area contributed by atoms with Gasteiger partial charge in [-0.25, -0.2) is 0 Å². The Morgan fingerprint density at radius 3 is 2.57 bits per heavy atom. The zero-order valence-electron chi connectivity index (χ0n) is 11.8. The lowest BCUT2D eigenvalue weighted by molar-refractivity contribution is 0.0916. The molecular weight excluding hydrogens is 286 g/mol. The minimum absolute atomic E-state index is 0.111. The third-order valence-corrected chi connectivity index (χ3v) is 3.72. The summed E-state index contributed by atoms with van der Waals surface area (Å²) in [5.74, 6) is -0.230. The van der Waals surface area contributed by atoms with E-state index in [-0.39, 0.29) is 18.6 Å². The molecule has 0 bridgehead atoms. The van der Waals surface area contributed by atoms with E-state index in [2.05, 4.69) is 5.32 Å². The molecule has 0 saturated carbocycles. The van der Waals surface area contributed by atoms with Crippen LogP contribution in [0.15, 0.2) is 48.5 Å². The number of hydrogen-bond donors (Lipinski definition) is 2. The van der Waals surface area contributed by atoms with E-state index in [1.54, 1.807) is 12.1 Å². The summed E-state index contributed by atoms with van der Waals surface area (Å²) in [5, 5.41) is 12.8. The third-order valence-electron chi connectivity index (χ3n) is 3.31. The van der Waals surface area contributed by atoms with Crippen LogP contribution in [0.4, 0.5) is 0 Å². The highest BCUT2D eigenvalue weighted by molar-refractivity contribution is 6.31. The first-order chi connectivity index (χ1) is 10.1. The molecule has 1 atom stereocenters. The number of nitrogens with one attached hydrogen (secondary N) is 1. The van der Waals surface area contributed by atoms with Gasteiger partial charge in [-0.15, -0.1) is 0 Å². The number of aliphatic hydroxyl groups excluding tert-OH is 1. The second-order valence-electron chi connectivity index (χ2n) is 5.01. The van der Waals surface area contributed by atoms with Crippen molar-refractivity contribution in [1.82, 2.24) is 5.32 Å². The second kappa shape index (κ2) is 7.25. The maximum Gasteiger partial charge on any atom is 0.251 e. The van der Waals surface area contributed by atoms with E-state index < -0.39 is 0 Å². The largest absolute Gasteiger partial charge is 0.394 e. The molecule has 0 aliphatic carbocycles. The Labute approximate surface area is 129 Å². The molecule has 0 aromatic heterocycles. The highest BCUT2D eigenvalue weighted by atomic mass is 35.5. The quantitative estimate of drug-likeness (QED) is 0.892. The molecule has 0 radical (unpaired) electrons. The van der Waals surface area contributed by atoms with Gasteiger partial charge in [-0.2, -0.15) is 0 Å². The third kappa shape index (κ3) is 4.31. The minimum atomic E-state index is -0.319. The Kier molecular flexibility index (Phi) is 5.37. The van der Waals surface area contributed by atoms with Gasteiger partial charge in [-0.1, -0.05) is 48.0 Å². The number of amides is 1. The normalized spacial score (nSPS) is 12.0. The Bertz CT molecular complexity index is 613. The van der Waals surface area contributed by atoms with Gasteiger partial charge in [0.25, 0.3) is 5.91 Å². The van der Waals surface area contributed by atoms with Crippen molar-refractivity contribution in [3.63, 3.8) is 0 Å². The van der Waals surface area contributed by atoms with E-state index in [0.717, 1.165) is 11.1 Å². The number of aryl methyl sites for hydroxylation is 1. The molecule has 3 nitrogen and oxygen atoms in total. The average molecular weight is 304 g/mol. The standard InChI is InChI=1S/C17H18ClNO2/c1-12-7-8-14(10-16(12)18)17(21)19-15(11-20)9-13-5-3-2-4-6-13/h2-8,10,15,20H,9,11H2,1H3,(H,19,21). The summed E-state index contributed by atoms with van der Waals surface area (Å²) in [5.41, 5.74) is 2.49. The fourth-order valence-corrected chi connectivity index (χ4v) is 2.24. The Morgan fingerprint density at radius 1 is 1.24 bits per heavy atom. The molecule has 1 unspecified atom stereocenters. The number of hydrogen-bond acceptors (Lipinski definition) is 2. The van der Waals surface area contributed by atoms with Crippen molar-refractivity contribution in [3.8, 4) is 0 Å². The van der Waals surface area contributed by atoms with Crippen LogP contribution in [-0.2, 0) is 6.42 Å². The van der Waals surface area contributed by atoms with Gasteiger partial charge < -0.3 is 10.4 Å². The number of halogens is 1. The van der Waals surface area contributed by atoms with Crippen molar-refractivity contribution in [1.29, 1.82) is 0 Å². The lowest BCUT2D eigenvalue weighted by Crippen LogP contribution is -2.39. The van der Waals surface area contributed by atoms with Gasteiger partial charge in [-0.3, -0.25) is 4.79 Å². The van der Waals surface area contributed by atoms with E-state index >= 15 is 0 Å². The smallest absolute Gasteiger partial charge is 0.251 e. The molecule has 0 aliphatic rings. The Morgan fingerprint density at radius 2 is 1.95 bits per heavy atom. The summed E-state index contributed by atoms with van der Waals surface area (Å²) >= 11 is 6.03. The van der Waals surface area contributed by atoms with Crippen molar-refractivity contribution >= 4 is 17.5 Å². The number of carbonyl (C=O) groups is 1. The van der Waals surface area contributed by atoms with Gasteiger partial charge in [0.2, 0.25) is 0 Å².